The number of aliphatic carboxylic acids is 1. The molecule has 0 fully saturated rings. The summed E-state index contributed by atoms with van der Waals surface area (Å²) >= 11 is 1.70. The highest BCUT2D eigenvalue weighted by Crippen LogP contribution is 2.44. The van der Waals surface area contributed by atoms with Crippen molar-refractivity contribution >= 4 is 35.0 Å². The third-order valence-corrected chi connectivity index (χ3v) is 5.44. The molecule has 0 bridgehead atoms. The van der Waals surface area contributed by atoms with Crippen molar-refractivity contribution in [1.82, 2.24) is 0 Å². The molecule has 0 unspecified atom stereocenters. The minimum absolute atomic E-state index is 0.122. The van der Waals surface area contributed by atoms with Crippen molar-refractivity contribution in [1.29, 1.82) is 0 Å². The molecule has 0 radical (unpaired) electrons. The van der Waals surface area contributed by atoms with E-state index in [9.17, 15) is 9.18 Å². The van der Waals surface area contributed by atoms with Gasteiger partial charge in [0.2, 0.25) is 0 Å². The van der Waals surface area contributed by atoms with Crippen molar-refractivity contribution in [3.8, 4) is 0 Å². The van der Waals surface area contributed by atoms with Crippen LogP contribution in [0.5, 0.6) is 0 Å². The van der Waals surface area contributed by atoms with Crippen LogP contribution in [-0.2, 0) is 4.79 Å². The molecule has 134 valence electrons. The van der Waals surface area contributed by atoms with Gasteiger partial charge in [-0.3, -0.25) is 4.79 Å². The van der Waals surface area contributed by atoms with Crippen molar-refractivity contribution in [3.63, 3.8) is 0 Å². The molecule has 0 aliphatic heterocycles. The standard InChI is InChI=1S/C22H21FO2S/c1-14-18(4-3-5-22(24)25)21-13-16(23)8-11-19(21)20(14)12-15-6-9-17(26-2)10-7-15/h6-13H,3-5H2,1-2H3,(H,24,25)/b20-12+. The number of benzene rings is 2. The van der Waals surface area contributed by atoms with E-state index in [0.717, 1.165) is 33.4 Å². The molecule has 1 N–H and O–H groups in total. The summed E-state index contributed by atoms with van der Waals surface area (Å²) in [6, 6.07) is 13.2. The van der Waals surface area contributed by atoms with Crippen molar-refractivity contribution in [2.45, 2.75) is 31.1 Å². The number of halogens is 1. The molecule has 4 heteroatoms. The molecule has 0 amide bonds. The second-order valence-electron chi connectivity index (χ2n) is 6.37. The molecule has 0 saturated carbocycles. The molecule has 0 spiro atoms. The average Bonchev–Trinajstić information content (AvgIpc) is 2.87. The second-order valence-corrected chi connectivity index (χ2v) is 7.25. The highest BCUT2D eigenvalue weighted by molar-refractivity contribution is 7.98. The Bertz CT molecular complexity index is 895. The smallest absolute Gasteiger partial charge is 0.303 e. The lowest BCUT2D eigenvalue weighted by atomic mass is 10.00. The van der Waals surface area contributed by atoms with E-state index in [4.69, 9.17) is 5.11 Å². The van der Waals surface area contributed by atoms with Gasteiger partial charge in [0, 0.05) is 11.3 Å². The van der Waals surface area contributed by atoms with Gasteiger partial charge in [0.25, 0.3) is 0 Å². The van der Waals surface area contributed by atoms with E-state index in [1.165, 1.54) is 11.0 Å². The summed E-state index contributed by atoms with van der Waals surface area (Å²) in [4.78, 5) is 12.0. The topological polar surface area (TPSA) is 37.3 Å². The average molecular weight is 368 g/mol. The van der Waals surface area contributed by atoms with E-state index in [1.807, 2.05) is 19.2 Å². The monoisotopic (exact) mass is 368 g/mol. The van der Waals surface area contributed by atoms with Gasteiger partial charge in [-0.2, -0.15) is 0 Å². The van der Waals surface area contributed by atoms with Gasteiger partial charge in [-0.25, -0.2) is 4.39 Å². The van der Waals surface area contributed by atoms with Crippen LogP contribution in [0, 0.1) is 5.82 Å². The molecule has 26 heavy (non-hydrogen) atoms. The Morgan fingerprint density at radius 1 is 1.15 bits per heavy atom. The fraction of sp³-hybridized carbons (Fsp3) is 0.227. The van der Waals surface area contributed by atoms with E-state index in [2.05, 4.69) is 30.3 Å². The number of fused-ring (bicyclic) bond motifs is 1. The number of thioether (sulfide) groups is 1. The lowest BCUT2D eigenvalue weighted by molar-refractivity contribution is -0.137. The quantitative estimate of drug-likeness (QED) is 0.623. The highest BCUT2D eigenvalue weighted by atomic mass is 32.2. The SMILES string of the molecule is CSc1ccc(/C=C2\C(C)=C(CCCC(=O)O)c3cc(F)ccc32)cc1. The molecule has 0 saturated heterocycles. The first-order valence-electron chi connectivity index (χ1n) is 8.57. The summed E-state index contributed by atoms with van der Waals surface area (Å²) in [6.45, 7) is 2.04. The summed E-state index contributed by atoms with van der Waals surface area (Å²) in [5.41, 5.74) is 6.24. The van der Waals surface area contributed by atoms with Crippen molar-refractivity contribution in [2.24, 2.45) is 0 Å². The maximum atomic E-state index is 13.8. The van der Waals surface area contributed by atoms with Crippen molar-refractivity contribution in [3.05, 3.63) is 70.5 Å². The predicted octanol–water partition coefficient (Wildman–Crippen LogP) is 6.13. The summed E-state index contributed by atoms with van der Waals surface area (Å²) < 4.78 is 13.8. The third kappa shape index (κ3) is 3.91. The lowest BCUT2D eigenvalue weighted by Gasteiger charge is -2.05. The minimum Gasteiger partial charge on any atom is -0.481 e. The van der Waals surface area contributed by atoms with Gasteiger partial charge < -0.3 is 5.11 Å². The molecule has 0 heterocycles. The Balaban J connectivity index is 1.99. The number of carboxylic acids is 1. The Morgan fingerprint density at radius 2 is 1.88 bits per heavy atom. The summed E-state index contributed by atoms with van der Waals surface area (Å²) in [6.07, 6.45) is 5.48. The summed E-state index contributed by atoms with van der Waals surface area (Å²) in [5, 5.41) is 8.89. The highest BCUT2D eigenvalue weighted by Gasteiger charge is 2.24. The van der Waals surface area contributed by atoms with E-state index in [0.29, 0.717) is 12.8 Å². The first kappa shape index (κ1) is 18.5. The van der Waals surface area contributed by atoms with Crippen LogP contribution in [0.25, 0.3) is 17.2 Å². The third-order valence-electron chi connectivity index (χ3n) is 4.70. The molecule has 2 aromatic rings. The zero-order valence-electron chi connectivity index (χ0n) is 14.9. The molecule has 0 aromatic heterocycles. The largest absolute Gasteiger partial charge is 0.481 e. The van der Waals surface area contributed by atoms with Crippen LogP contribution in [0.15, 0.2) is 52.9 Å². The van der Waals surface area contributed by atoms with Crippen LogP contribution in [0.2, 0.25) is 0 Å². The van der Waals surface area contributed by atoms with Crippen LogP contribution in [-0.4, -0.2) is 17.3 Å². The van der Waals surface area contributed by atoms with Gasteiger partial charge in [-0.1, -0.05) is 18.2 Å². The first-order valence-corrected chi connectivity index (χ1v) is 9.80. The first-order chi connectivity index (χ1) is 12.5. The van der Waals surface area contributed by atoms with Crippen LogP contribution in [0.4, 0.5) is 4.39 Å². The molecule has 3 rings (SSSR count). The lowest BCUT2D eigenvalue weighted by Crippen LogP contribution is -1.95. The molecule has 1 aliphatic carbocycles. The van der Waals surface area contributed by atoms with Gasteiger partial charge in [0.1, 0.15) is 5.82 Å². The van der Waals surface area contributed by atoms with Gasteiger partial charge >= 0.3 is 5.97 Å². The Labute approximate surface area is 157 Å². The Morgan fingerprint density at radius 3 is 2.54 bits per heavy atom. The predicted molar refractivity (Wildman–Crippen MR) is 107 cm³/mol. The summed E-state index contributed by atoms with van der Waals surface area (Å²) in [5.74, 6) is -1.07. The molecule has 2 nitrogen and oxygen atoms in total. The van der Waals surface area contributed by atoms with Crippen molar-refractivity contribution < 1.29 is 14.3 Å². The van der Waals surface area contributed by atoms with E-state index < -0.39 is 5.97 Å². The fourth-order valence-corrected chi connectivity index (χ4v) is 3.77. The minimum atomic E-state index is -0.801. The molecule has 2 aromatic carbocycles. The van der Waals surface area contributed by atoms with Gasteiger partial charge in [0.05, 0.1) is 0 Å². The molecular weight excluding hydrogens is 347 g/mol. The summed E-state index contributed by atoms with van der Waals surface area (Å²) in [7, 11) is 0. The fourth-order valence-electron chi connectivity index (χ4n) is 3.36. The number of rotatable bonds is 6. The van der Waals surface area contributed by atoms with E-state index in [1.54, 1.807) is 17.8 Å². The molecular formula is C22H21FO2S. The number of hydrogen-bond acceptors (Lipinski definition) is 2. The molecule has 0 atom stereocenters. The van der Waals surface area contributed by atoms with E-state index >= 15 is 0 Å². The van der Waals surface area contributed by atoms with Gasteiger partial charge in [-0.05, 0) is 89.8 Å². The zero-order valence-corrected chi connectivity index (χ0v) is 15.7. The maximum absolute atomic E-state index is 13.8. The normalized spacial score (nSPS) is 14.8. The van der Waals surface area contributed by atoms with E-state index in [-0.39, 0.29) is 12.2 Å². The molecule has 1 aliphatic rings. The maximum Gasteiger partial charge on any atom is 0.303 e. The van der Waals surface area contributed by atoms with Crippen LogP contribution in [0.3, 0.4) is 0 Å². The number of carbonyl (C=O) groups is 1. The number of allylic oxidation sites excluding steroid dienone is 3. The Kier molecular flexibility index (Phi) is 5.62. The van der Waals surface area contributed by atoms with Gasteiger partial charge in [-0.15, -0.1) is 11.8 Å². The van der Waals surface area contributed by atoms with Crippen molar-refractivity contribution in [2.75, 3.05) is 6.26 Å². The van der Waals surface area contributed by atoms with Crippen LogP contribution < -0.4 is 0 Å². The van der Waals surface area contributed by atoms with Crippen LogP contribution >= 0.6 is 11.8 Å². The van der Waals surface area contributed by atoms with Crippen LogP contribution in [0.1, 0.15) is 42.9 Å². The van der Waals surface area contributed by atoms with Gasteiger partial charge in [0.15, 0.2) is 0 Å². The zero-order chi connectivity index (χ0) is 18.7. The number of carboxylic acid groups (broad SMARTS) is 1. The Hall–Kier alpha value is -2.33. The number of hydrogen-bond donors (Lipinski definition) is 1. The second kappa shape index (κ2) is 7.92.